The number of hydrogen-bond acceptors (Lipinski definition) is 3. The highest BCUT2D eigenvalue weighted by Gasteiger charge is 2.28. The van der Waals surface area contributed by atoms with E-state index in [1.54, 1.807) is 32.9 Å². The van der Waals surface area contributed by atoms with Crippen LogP contribution in [-0.4, -0.2) is 25.5 Å². The summed E-state index contributed by atoms with van der Waals surface area (Å²) in [5, 5.41) is 4.35. The smallest absolute Gasteiger partial charge is 0.156 e. The van der Waals surface area contributed by atoms with E-state index in [4.69, 9.17) is 23.2 Å². The molecule has 0 aliphatic heterocycles. The van der Waals surface area contributed by atoms with Crippen molar-refractivity contribution in [3.8, 4) is 0 Å². The number of hydrogen-bond donors (Lipinski definition) is 1. The predicted octanol–water partition coefficient (Wildman–Crippen LogP) is 3.86. The highest BCUT2D eigenvalue weighted by atomic mass is 35.5. The SMILES string of the molecule is CC(NCCS(=O)(=O)C(C)(C)C)c1ccc(Cl)cc1Cl. The Bertz CT molecular complexity index is 565. The van der Waals surface area contributed by atoms with E-state index in [0.29, 0.717) is 16.6 Å². The number of sulfone groups is 1. The van der Waals surface area contributed by atoms with Gasteiger partial charge in [-0.3, -0.25) is 0 Å². The van der Waals surface area contributed by atoms with Crippen molar-refractivity contribution in [2.45, 2.75) is 38.5 Å². The minimum absolute atomic E-state index is 0.0325. The summed E-state index contributed by atoms with van der Waals surface area (Å²) in [7, 11) is -3.11. The summed E-state index contributed by atoms with van der Waals surface area (Å²) < 4.78 is 23.3. The third kappa shape index (κ3) is 4.62. The van der Waals surface area contributed by atoms with E-state index in [9.17, 15) is 8.42 Å². The van der Waals surface area contributed by atoms with Gasteiger partial charge in [-0.2, -0.15) is 0 Å². The first-order valence-corrected chi connectivity index (χ1v) is 8.86. The molecule has 0 aliphatic carbocycles. The second-order valence-electron chi connectivity index (χ2n) is 5.77. The zero-order valence-electron chi connectivity index (χ0n) is 12.2. The Labute approximate surface area is 131 Å². The van der Waals surface area contributed by atoms with E-state index in [-0.39, 0.29) is 11.8 Å². The summed E-state index contributed by atoms with van der Waals surface area (Å²) in [5.41, 5.74) is 0.907. The fourth-order valence-corrected chi connectivity index (χ4v) is 3.25. The van der Waals surface area contributed by atoms with Crippen LogP contribution in [0.2, 0.25) is 10.0 Å². The van der Waals surface area contributed by atoms with Gasteiger partial charge in [-0.15, -0.1) is 0 Å². The minimum Gasteiger partial charge on any atom is -0.309 e. The van der Waals surface area contributed by atoms with Crippen molar-refractivity contribution in [3.63, 3.8) is 0 Å². The summed E-state index contributed by atoms with van der Waals surface area (Å²) in [6, 6.07) is 5.27. The Balaban J connectivity index is 2.63. The van der Waals surface area contributed by atoms with Crippen LogP contribution in [0.3, 0.4) is 0 Å². The van der Waals surface area contributed by atoms with Gasteiger partial charge in [0.2, 0.25) is 0 Å². The second-order valence-corrected chi connectivity index (χ2v) is 9.48. The molecule has 1 N–H and O–H groups in total. The summed E-state index contributed by atoms with van der Waals surface area (Å²) in [6.45, 7) is 7.46. The second kappa shape index (κ2) is 6.65. The van der Waals surface area contributed by atoms with Crippen LogP contribution in [0, 0.1) is 0 Å². The Kier molecular flexibility index (Phi) is 5.90. The van der Waals surface area contributed by atoms with Gasteiger partial charge in [-0.1, -0.05) is 29.3 Å². The van der Waals surface area contributed by atoms with Crippen LogP contribution in [0.1, 0.15) is 39.3 Å². The van der Waals surface area contributed by atoms with Gasteiger partial charge in [0.25, 0.3) is 0 Å². The molecule has 0 saturated carbocycles. The molecule has 0 amide bonds. The van der Waals surface area contributed by atoms with Crippen molar-refractivity contribution in [1.29, 1.82) is 0 Å². The monoisotopic (exact) mass is 337 g/mol. The molecular weight excluding hydrogens is 317 g/mol. The molecule has 1 atom stereocenters. The third-order valence-corrected chi connectivity index (χ3v) is 6.35. The van der Waals surface area contributed by atoms with Crippen LogP contribution < -0.4 is 5.32 Å². The van der Waals surface area contributed by atoms with Crippen LogP contribution >= 0.6 is 23.2 Å². The third-order valence-electron chi connectivity index (χ3n) is 3.18. The number of nitrogens with one attached hydrogen (secondary N) is 1. The molecule has 0 fully saturated rings. The first-order chi connectivity index (χ1) is 9.04. The molecule has 0 saturated heterocycles. The van der Waals surface area contributed by atoms with Gasteiger partial charge in [-0.05, 0) is 45.4 Å². The average molecular weight is 338 g/mol. The molecule has 1 aromatic rings. The molecule has 3 nitrogen and oxygen atoms in total. The van der Waals surface area contributed by atoms with E-state index >= 15 is 0 Å². The zero-order valence-corrected chi connectivity index (χ0v) is 14.5. The maximum atomic E-state index is 12.0. The van der Waals surface area contributed by atoms with Crippen molar-refractivity contribution in [2.75, 3.05) is 12.3 Å². The molecular formula is C14H21Cl2NO2S. The Morgan fingerprint density at radius 1 is 1.25 bits per heavy atom. The van der Waals surface area contributed by atoms with Crippen molar-refractivity contribution >= 4 is 33.0 Å². The van der Waals surface area contributed by atoms with Crippen molar-refractivity contribution in [1.82, 2.24) is 5.32 Å². The lowest BCUT2D eigenvalue weighted by Crippen LogP contribution is -2.35. The van der Waals surface area contributed by atoms with Gasteiger partial charge in [0.05, 0.1) is 10.5 Å². The topological polar surface area (TPSA) is 46.2 Å². The van der Waals surface area contributed by atoms with Crippen molar-refractivity contribution in [3.05, 3.63) is 33.8 Å². The van der Waals surface area contributed by atoms with E-state index in [2.05, 4.69) is 5.32 Å². The first kappa shape index (κ1) is 17.8. The van der Waals surface area contributed by atoms with E-state index in [0.717, 1.165) is 5.56 Å². The zero-order chi connectivity index (χ0) is 15.6. The lowest BCUT2D eigenvalue weighted by molar-refractivity contribution is 0.546. The van der Waals surface area contributed by atoms with Gasteiger partial charge >= 0.3 is 0 Å². The number of rotatable bonds is 5. The molecule has 1 rings (SSSR count). The quantitative estimate of drug-likeness (QED) is 0.887. The lowest BCUT2D eigenvalue weighted by atomic mass is 10.1. The molecule has 1 unspecified atom stereocenters. The maximum Gasteiger partial charge on any atom is 0.156 e. The molecule has 0 aromatic heterocycles. The Hall–Kier alpha value is -0.290. The van der Waals surface area contributed by atoms with Crippen molar-refractivity contribution in [2.24, 2.45) is 0 Å². The Morgan fingerprint density at radius 2 is 1.85 bits per heavy atom. The molecule has 6 heteroatoms. The lowest BCUT2D eigenvalue weighted by Gasteiger charge is -2.21. The van der Waals surface area contributed by atoms with E-state index in [1.807, 2.05) is 13.0 Å². The van der Waals surface area contributed by atoms with Gasteiger partial charge in [0.15, 0.2) is 9.84 Å². The molecule has 0 aliphatic rings. The highest BCUT2D eigenvalue weighted by Crippen LogP contribution is 2.26. The van der Waals surface area contributed by atoms with Crippen LogP contribution in [-0.2, 0) is 9.84 Å². The fourth-order valence-electron chi connectivity index (χ4n) is 1.68. The maximum absolute atomic E-state index is 12.0. The normalized spacial score (nSPS) is 14.3. The highest BCUT2D eigenvalue weighted by molar-refractivity contribution is 7.92. The fraction of sp³-hybridized carbons (Fsp3) is 0.571. The van der Waals surface area contributed by atoms with Gasteiger partial charge in [-0.25, -0.2) is 8.42 Å². The van der Waals surface area contributed by atoms with E-state index in [1.165, 1.54) is 0 Å². The molecule has 114 valence electrons. The van der Waals surface area contributed by atoms with Gasteiger partial charge < -0.3 is 5.32 Å². The van der Waals surface area contributed by atoms with Gasteiger partial charge in [0, 0.05) is 22.6 Å². The number of halogens is 2. The standard InChI is InChI=1S/C14H21Cl2NO2S/c1-10(12-6-5-11(15)9-13(12)16)17-7-8-20(18,19)14(2,3)4/h5-6,9-10,17H,7-8H2,1-4H3. The van der Waals surface area contributed by atoms with Crippen molar-refractivity contribution < 1.29 is 8.42 Å². The molecule has 0 bridgehead atoms. The average Bonchev–Trinajstić information content (AvgIpc) is 2.26. The summed E-state index contributed by atoms with van der Waals surface area (Å²) in [4.78, 5) is 0. The largest absolute Gasteiger partial charge is 0.309 e. The van der Waals surface area contributed by atoms with Crippen LogP contribution in [0.15, 0.2) is 18.2 Å². The van der Waals surface area contributed by atoms with Crippen LogP contribution in [0.5, 0.6) is 0 Å². The Morgan fingerprint density at radius 3 is 2.35 bits per heavy atom. The molecule has 0 spiro atoms. The van der Waals surface area contributed by atoms with Gasteiger partial charge in [0.1, 0.15) is 0 Å². The molecule has 20 heavy (non-hydrogen) atoms. The number of benzene rings is 1. The molecule has 1 aromatic carbocycles. The van der Waals surface area contributed by atoms with Crippen LogP contribution in [0.25, 0.3) is 0 Å². The molecule has 0 radical (unpaired) electrons. The summed E-state index contributed by atoms with van der Waals surface area (Å²) in [6.07, 6.45) is 0. The summed E-state index contributed by atoms with van der Waals surface area (Å²) in [5.74, 6) is 0.103. The molecule has 0 heterocycles. The first-order valence-electron chi connectivity index (χ1n) is 6.45. The van der Waals surface area contributed by atoms with Crippen LogP contribution in [0.4, 0.5) is 0 Å². The van der Waals surface area contributed by atoms with E-state index < -0.39 is 14.6 Å². The minimum atomic E-state index is -3.11. The predicted molar refractivity (Wildman–Crippen MR) is 86.4 cm³/mol. The summed E-state index contributed by atoms with van der Waals surface area (Å²) >= 11 is 12.0.